The molecule has 0 aliphatic heterocycles. The summed E-state index contributed by atoms with van der Waals surface area (Å²) in [6.07, 6.45) is 5.71. The fourth-order valence-electron chi connectivity index (χ4n) is 1.73. The molecule has 1 N–H and O–H groups in total. The number of rotatable bonds is 6. The molecule has 0 saturated heterocycles. The summed E-state index contributed by atoms with van der Waals surface area (Å²) in [7, 11) is 0. The monoisotopic (exact) mass is 229 g/mol. The van der Waals surface area contributed by atoms with Gasteiger partial charge < -0.3 is 5.32 Å². The molecule has 1 aromatic carbocycles. The number of nitrogens with zero attached hydrogens (tertiary/aromatic N) is 2. The molecule has 1 aromatic heterocycles. The van der Waals surface area contributed by atoms with E-state index in [1.54, 1.807) is 0 Å². The zero-order valence-electron chi connectivity index (χ0n) is 10.3. The van der Waals surface area contributed by atoms with Crippen LogP contribution >= 0.6 is 0 Å². The van der Waals surface area contributed by atoms with Gasteiger partial charge in [0.15, 0.2) is 0 Å². The highest BCUT2D eigenvalue weighted by atomic mass is 15.3. The Hall–Kier alpha value is -1.77. The van der Waals surface area contributed by atoms with Gasteiger partial charge in [0.1, 0.15) is 5.82 Å². The first kappa shape index (κ1) is 11.7. The molecule has 90 valence electrons. The number of anilines is 1. The lowest BCUT2D eigenvalue weighted by molar-refractivity contribution is 0.740. The highest BCUT2D eigenvalue weighted by molar-refractivity contribution is 5.37. The van der Waals surface area contributed by atoms with E-state index in [0.29, 0.717) is 0 Å². The number of aromatic nitrogens is 2. The third-order valence-corrected chi connectivity index (χ3v) is 2.70. The van der Waals surface area contributed by atoms with Crippen LogP contribution in [0.5, 0.6) is 0 Å². The second-order valence-electron chi connectivity index (χ2n) is 4.11. The van der Waals surface area contributed by atoms with Gasteiger partial charge in [-0.3, -0.25) is 0 Å². The minimum absolute atomic E-state index is 0.949. The molecule has 0 amide bonds. The zero-order chi connectivity index (χ0) is 11.9. The van der Waals surface area contributed by atoms with Crippen LogP contribution < -0.4 is 5.32 Å². The standard InChI is InChI=1S/C14H19N3/c1-2-3-7-11-15-14-10-12-17(16-14)13-8-5-4-6-9-13/h4-6,8-10,12H,2-3,7,11H2,1H3,(H,15,16). The Morgan fingerprint density at radius 1 is 1.12 bits per heavy atom. The zero-order valence-corrected chi connectivity index (χ0v) is 10.3. The van der Waals surface area contributed by atoms with E-state index in [2.05, 4.69) is 17.3 Å². The molecule has 2 aromatic rings. The summed E-state index contributed by atoms with van der Waals surface area (Å²) in [6, 6.07) is 12.2. The van der Waals surface area contributed by atoms with Crippen molar-refractivity contribution in [2.45, 2.75) is 26.2 Å². The molecular weight excluding hydrogens is 210 g/mol. The minimum atomic E-state index is 0.949. The normalized spacial score (nSPS) is 10.4. The third-order valence-electron chi connectivity index (χ3n) is 2.70. The van der Waals surface area contributed by atoms with Crippen molar-refractivity contribution in [2.24, 2.45) is 0 Å². The van der Waals surface area contributed by atoms with Gasteiger partial charge in [-0.1, -0.05) is 38.0 Å². The van der Waals surface area contributed by atoms with E-state index in [-0.39, 0.29) is 0 Å². The van der Waals surface area contributed by atoms with E-state index in [4.69, 9.17) is 0 Å². The topological polar surface area (TPSA) is 29.9 Å². The molecule has 0 fully saturated rings. The van der Waals surface area contributed by atoms with E-state index >= 15 is 0 Å². The molecule has 17 heavy (non-hydrogen) atoms. The van der Waals surface area contributed by atoms with Gasteiger partial charge in [0.2, 0.25) is 0 Å². The van der Waals surface area contributed by atoms with Crippen LogP contribution in [0.4, 0.5) is 5.82 Å². The fourth-order valence-corrected chi connectivity index (χ4v) is 1.73. The van der Waals surface area contributed by atoms with Gasteiger partial charge in [0, 0.05) is 18.8 Å². The first-order valence-electron chi connectivity index (χ1n) is 6.25. The van der Waals surface area contributed by atoms with Crippen LogP contribution in [0, 0.1) is 0 Å². The Bertz CT molecular complexity index is 434. The van der Waals surface area contributed by atoms with Crippen LogP contribution in [-0.4, -0.2) is 16.3 Å². The maximum absolute atomic E-state index is 4.48. The second kappa shape index (κ2) is 6.09. The first-order valence-corrected chi connectivity index (χ1v) is 6.25. The van der Waals surface area contributed by atoms with E-state index in [0.717, 1.165) is 18.1 Å². The lowest BCUT2D eigenvalue weighted by Crippen LogP contribution is -2.03. The van der Waals surface area contributed by atoms with Crippen molar-refractivity contribution in [3.63, 3.8) is 0 Å². The molecule has 0 aliphatic rings. The van der Waals surface area contributed by atoms with Crippen molar-refractivity contribution in [1.82, 2.24) is 9.78 Å². The Morgan fingerprint density at radius 2 is 1.94 bits per heavy atom. The summed E-state index contributed by atoms with van der Waals surface area (Å²) in [5.74, 6) is 0.949. The van der Waals surface area contributed by atoms with Crippen molar-refractivity contribution in [3.05, 3.63) is 42.6 Å². The summed E-state index contributed by atoms with van der Waals surface area (Å²) in [4.78, 5) is 0. The molecule has 0 radical (unpaired) electrons. The van der Waals surface area contributed by atoms with Crippen molar-refractivity contribution in [3.8, 4) is 5.69 Å². The summed E-state index contributed by atoms with van der Waals surface area (Å²) >= 11 is 0. The van der Waals surface area contributed by atoms with Crippen LogP contribution in [-0.2, 0) is 0 Å². The van der Waals surface area contributed by atoms with Gasteiger partial charge in [-0.05, 0) is 18.6 Å². The maximum Gasteiger partial charge on any atom is 0.148 e. The van der Waals surface area contributed by atoms with E-state index in [1.165, 1.54) is 19.3 Å². The summed E-state index contributed by atoms with van der Waals surface area (Å²) in [5.41, 5.74) is 1.09. The molecule has 1 heterocycles. The predicted molar refractivity (Wildman–Crippen MR) is 71.6 cm³/mol. The van der Waals surface area contributed by atoms with Gasteiger partial charge in [0.05, 0.1) is 5.69 Å². The molecule has 0 bridgehead atoms. The molecule has 0 unspecified atom stereocenters. The minimum Gasteiger partial charge on any atom is -0.369 e. The number of hydrogen-bond donors (Lipinski definition) is 1. The van der Waals surface area contributed by atoms with Crippen LogP contribution in [0.1, 0.15) is 26.2 Å². The van der Waals surface area contributed by atoms with Gasteiger partial charge in [-0.15, -0.1) is 0 Å². The third kappa shape index (κ3) is 3.34. The van der Waals surface area contributed by atoms with E-state index < -0.39 is 0 Å². The highest BCUT2D eigenvalue weighted by Crippen LogP contribution is 2.09. The number of unbranched alkanes of at least 4 members (excludes halogenated alkanes) is 2. The lowest BCUT2D eigenvalue weighted by Gasteiger charge is -2.02. The van der Waals surface area contributed by atoms with Crippen molar-refractivity contribution in [1.29, 1.82) is 0 Å². The van der Waals surface area contributed by atoms with Crippen molar-refractivity contribution < 1.29 is 0 Å². The van der Waals surface area contributed by atoms with Gasteiger partial charge in [0.25, 0.3) is 0 Å². The van der Waals surface area contributed by atoms with Crippen molar-refractivity contribution >= 4 is 5.82 Å². The molecule has 0 saturated carbocycles. The first-order chi connectivity index (χ1) is 8.40. The van der Waals surface area contributed by atoms with Crippen LogP contribution in [0.3, 0.4) is 0 Å². The average molecular weight is 229 g/mol. The summed E-state index contributed by atoms with van der Waals surface area (Å²) in [6.45, 7) is 3.21. The number of benzene rings is 1. The van der Waals surface area contributed by atoms with Crippen LogP contribution in [0.25, 0.3) is 5.69 Å². The van der Waals surface area contributed by atoms with Gasteiger partial charge in [-0.25, -0.2) is 4.68 Å². The quantitative estimate of drug-likeness (QED) is 0.769. The largest absolute Gasteiger partial charge is 0.369 e. The van der Waals surface area contributed by atoms with Crippen molar-refractivity contribution in [2.75, 3.05) is 11.9 Å². The molecular formula is C14H19N3. The number of hydrogen-bond acceptors (Lipinski definition) is 2. The maximum atomic E-state index is 4.48. The predicted octanol–water partition coefficient (Wildman–Crippen LogP) is 3.47. The van der Waals surface area contributed by atoms with Crippen LogP contribution in [0.15, 0.2) is 42.6 Å². The fraction of sp³-hybridized carbons (Fsp3) is 0.357. The average Bonchev–Trinajstić information content (AvgIpc) is 2.85. The highest BCUT2D eigenvalue weighted by Gasteiger charge is 1.99. The smallest absolute Gasteiger partial charge is 0.148 e. The van der Waals surface area contributed by atoms with Gasteiger partial charge in [-0.2, -0.15) is 5.10 Å². The Kier molecular flexibility index (Phi) is 4.19. The number of para-hydroxylation sites is 1. The lowest BCUT2D eigenvalue weighted by atomic mass is 10.2. The molecule has 3 nitrogen and oxygen atoms in total. The van der Waals surface area contributed by atoms with E-state index in [1.807, 2.05) is 47.3 Å². The Labute approximate surface area is 102 Å². The summed E-state index contributed by atoms with van der Waals surface area (Å²) < 4.78 is 1.89. The summed E-state index contributed by atoms with van der Waals surface area (Å²) in [5, 5.41) is 7.82. The Morgan fingerprint density at radius 3 is 2.71 bits per heavy atom. The SMILES string of the molecule is CCCCCNc1ccn(-c2ccccc2)n1. The van der Waals surface area contributed by atoms with Crippen LogP contribution in [0.2, 0.25) is 0 Å². The molecule has 0 spiro atoms. The molecule has 0 aliphatic carbocycles. The number of nitrogens with one attached hydrogen (secondary N) is 1. The molecule has 0 atom stereocenters. The van der Waals surface area contributed by atoms with E-state index in [9.17, 15) is 0 Å². The van der Waals surface area contributed by atoms with Gasteiger partial charge >= 0.3 is 0 Å². The molecule has 3 heteroatoms. The second-order valence-corrected chi connectivity index (χ2v) is 4.11. The molecule has 2 rings (SSSR count). The Balaban J connectivity index is 1.92.